The Balaban J connectivity index is 0.00000176. The zero-order chi connectivity index (χ0) is 15.2. The van der Waals surface area contributed by atoms with Crippen molar-refractivity contribution in [3.05, 3.63) is 47.5 Å². The molecule has 3 rings (SSSR count). The number of aromatic hydroxyl groups is 1. The molecule has 0 saturated heterocycles. The summed E-state index contributed by atoms with van der Waals surface area (Å²) in [6.45, 7) is 8.24. The van der Waals surface area contributed by atoms with Gasteiger partial charge in [-0.05, 0) is 24.0 Å². The third-order valence-electron chi connectivity index (χ3n) is 3.48. The van der Waals surface area contributed by atoms with Gasteiger partial charge in [0.2, 0.25) is 0 Å². The summed E-state index contributed by atoms with van der Waals surface area (Å²) in [4.78, 5) is 1.50. The van der Waals surface area contributed by atoms with Crippen LogP contribution in [-0.2, 0) is 5.41 Å². The third-order valence-corrected chi connectivity index (χ3v) is 3.48. The fourth-order valence-electron chi connectivity index (χ4n) is 2.40. The van der Waals surface area contributed by atoms with Crippen LogP contribution >= 0.6 is 0 Å². The Morgan fingerprint density at radius 1 is 1.14 bits per heavy atom. The van der Waals surface area contributed by atoms with Crippen LogP contribution in [0.3, 0.4) is 0 Å². The van der Waals surface area contributed by atoms with Gasteiger partial charge in [0.25, 0.3) is 0 Å². The van der Waals surface area contributed by atoms with Gasteiger partial charge < -0.3 is 5.11 Å². The van der Waals surface area contributed by atoms with Crippen molar-refractivity contribution in [3.63, 3.8) is 0 Å². The number of hydrogen-bond donors (Lipinski definition) is 1. The molecule has 0 aliphatic carbocycles. The van der Waals surface area contributed by atoms with Gasteiger partial charge in [0.1, 0.15) is 11.4 Å². The van der Waals surface area contributed by atoms with Gasteiger partial charge in [-0.25, -0.2) is 5.10 Å². The third kappa shape index (κ3) is 3.06. The quantitative estimate of drug-likeness (QED) is 0.502. The fourth-order valence-corrected chi connectivity index (χ4v) is 2.40. The molecule has 2 aromatic carbocycles. The van der Waals surface area contributed by atoms with Crippen LogP contribution in [0.4, 0.5) is 0 Å². The van der Waals surface area contributed by atoms with Crippen molar-refractivity contribution in [2.75, 3.05) is 0 Å². The number of aromatic nitrogens is 3. The Morgan fingerprint density at radius 3 is 2.45 bits per heavy atom. The molecular formula is C17H18N3OU-. The Morgan fingerprint density at radius 2 is 1.82 bits per heavy atom. The van der Waals surface area contributed by atoms with Crippen molar-refractivity contribution in [1.29, 1.82) is 0 Å². The summed E-state index contributed by atoms with van der Waals surface area (Å²) in [5, 5.41) is 19.5. The van der Waals surface area contributed by atoms with Crippen LogP contribution in [-0.4, -0.2) is 20.1 Å². The van der Waals surface area contributed by atoms with Crippen LogP contribution in [0.15, 0.2) is 30.3 Å². The zero-order valence-corrected chi connectivity index (χ0v) is 17.3. The maximum Gasteiger partial charge on any atom is 0.146 e. The van der Waals surface area contributed by atoms with Crippen LogP contribution in [0.5, 0.6) is 5.75 Å². The minimum absolute atomic E-state index is 0. The number of rotatable bonds is 1. The van der Waals surface area contributed by atoms with Gasteiger partial charge in [0, 0.05) is 47.7 Å². The molecule has 0 atom stereocenters. The van der Waals surface area contributed by atoms with Crippen molar-refractivity contribution in [2.24, 2.45) is 0 Å². The van der Waals surface area contributed by atoms with E-state index in [9.17, 15) is 5.11 Å². The standard InChI is InChI=1S/C17H18N3O.U/c1-11-9-12(17(2,3)4)16(21)15(10-11)20-18-13-7-5-6-8-14(13)19-20;/h5,7-10,21H,1-4H3;/q-1;. The zero-order valence-electron chi connectivity index (χ0n) is 13.2. The van der Waals surface area contributed by atoms with Crippen LogP contribution in [0.2, 0.25) is 0 Å². The summed E-state index contributed by atoms with van der Waals surface area (Å²) >= 11 is 0. The second kappa shape index (κ2) is 6.06. The van der Waals surface area contributed by atoms with Crippen molar-refractivity contribution >= 4 is 11.0 Å². The summed E-state index contributed by atoms with van der Waals surface area (Å²) < 4.78 is 0. The summed E-state index contributed by atoms with van der Waals surface area (Å²) in [6, 6.07) is 12.3. The average Bonchev–Trinajstić information content (AvgIpc) is 2.83. The first kappa shape index (κ1) is 17.1. The molecule has 0 aliphatic heterocycles. The summed E-state index contributed by atoms with van der Waals surface area (Å²) in [5.41, 5.74) is 3.97. The summed E-state index contributed by atoms with van der Waals surface area (Å²) in [5.74, 6) is 0.234. The number of aryl methyl sites for hydroxylation is 1. The van der Waals surface area contributed by atoms with Gasteiger partial charge >= 0.3 is 0 Å². The second-order valence-corrected chi connectivity index (χ2v) is 6.33. The second-order valence-electron chi connectivity index (χ2n) is 6.33. The SMILES string of the molecule is Cc1cc(-n2nc3c[c-]ccc3n2)c(O)c(C(C)(C)C)c1.[U]. The molecule has 5 heteroatoms. The van der Waals surface area contributed by atoms with Crippen LogP contribution in [0, 0.1) is 44.1 Å². The van der Waals surface area contributed by atoms with E-state index in [0.717, 1.165) is 22.2 Å². The van der Waals surface area contributed by atoms with Crippen molar-refractivity contribution in [3.8, 4) is 11.4 Å². The Bertz CT molecular complexity index is 785. The fraction of sp³-hybridized carbons (Fsp3) is 0.294. The van der Waals surface area contributed by atoms with Gasteiger partial charge in [-0.1, -0.05) is 26.8 Å². The van der Waals surface area contributed by atoms with Crippen LogP contribution in [0.25, 0.3) is 16.7 Å². The van der Waals surface area contributed by atoms with Gasteiger partial charge in [-0.2, -0.15) is 22.0 Å². The molecule has 4 nitrogen and oxygen atoms in total. The molecule has 1 aromatic heterocycles. The smallest absolute Gasteiger partial charge is 0.146 e. The number of benzene rings is 2. The number of phenols is 1. The summed E-state index contributed by atoms with van der Waals surface area (Å²) in [6.07, 6.45) is 0. The first-order valence-corrected chi connectivity index (χ1v) is 6.94. The normalized spacial score (nSPS) is 11.5. The molecule has 0 bridgehead atoms. The Labute approximate surface area is 153 Å². The van der Waals surface area contributed by atoms with Gasteiger partial charge in [-0.3, -0.25) is 0 Å². The molecule has 0 spiro atoms. The molecule has 1 heterocycles. The predicted molar refractivity (Wildman–Crippen MR) is 82.8 cm³/mol. The van der Waals surface area contributed by atoms with Crippen LogP contribution < -0.4 is 0 Å². The Hall–Kier alpha value is -1.31. The molecule has 3 aromatic rings. The molecule has 112 valence electrons. The van der Waals surface area contributed by atoms with E-state index in [2.05, 4.69) is 37.0 Å². The molecule has 0 radical (unpaired) electrons. The minimum atomic E-state index is -0.148. The Kier molecular flexibility index (Phi) is 4.70. The number of hydrogen-bond acceptors (Lipinski definition) is 3. The molecule has 0 unspecified atom stereocenters. The van der Waals surface area contributed by atoms with Gasteiger partial charge in [-0.15, -0.1) is 12.1 Å². The molecular weight excluding hydrogens is 500 g/mol. The first-order valence-electron chi connectivity index (χ1n) is 6.94. The molecule has 0 amide bonds. The molecule has 0 fully saturated rings. The number of fused-ring (bicyclic) bond motifs is 1. The average molecular weight is 518 g/mol. The number of nitrogens with zero attached hydrogens (tertiary/aromatic N) is 3. The van der Waals surface area contributed by atoms with E-state index in [4.69, 9.17) is 0 Å². The predicted octanol–water partition coefficient (Wildman–Crippen LogP) is 3.53. The molecule has 22 heavy (non-hydrogen) atoms. The van der Waals surface area contributed by atoms with E-state index in [0.29, 0.717) is 5.69 Å². The molecule has 0 aliphatic rings. The minimum Gasteiger partial charge on any atom is -0.505 e. The first-order chi connectivity index (χ1) is 9.86. The summed E-state index contributed by atoms with van der Waals surface area (Å²) in [7, 11) is 0. The van der Waals surface area contributed by atoms with Crippen molar-refractivity contribution in [1.82, 2.24) is 15.0 Å². The van der Waals surface area contributed by atoms with Crippen LogP contribution in [0.1, 0.15) is 31.9 Å². The van der Waals surface area contributed by atoms with E-state index in [1.165, 1.54) is 4.80 Å². The monoisotopic (exact) mass is 518 g/mol. The van der Waals surface area contributed by atoms with E-state index >= 15 is 0 Å². The van der Waals surface area contributed by atoms with Gasteiger partial charge in [0.05, 0.1) is 0 Å². The van der Waals surface area contributed by atoms with E-state index in [-0.39, 0.29) is 42.3 Å². The maximum atomic E-state index is 10.6. The van der Waals surface area contributed by atoms with E-state index in [1.807, 2.05) is 25.1 Å². The maximum absolute atomic E-state index is 10.6. The van der Waals surface area contributed by atoms with E-state index in [1.54, 1.807) is 12.1 Å². The van der Waals surface area contributed by atoms with E-state index < -0.39 is 0 Å². The molecule has 1 N–H and O–H groups in total. The van der Waals surface area contributed by atoms with Gasteiger partial charge in [0.15, 0.2) is 0 Å². The van der Waals surface area contributed by atoms with Crippen molar-refractivity contribution in [2.45, 2.75) is 33.1 Å². The van der Waals surface area contributed by atoms with Crippen molar-refractivity contribution < 1.29 is 36.2 Å². The topological polar surface area (TPSA) is 50.9 Å². The largest absolute Gasteiger partial charge is 0.505 e. The molecule has 0 saturated carbocycles. The number of phenolic OH excluding ortho intramolecular Hbond substituents is 1.